The van der Waals surface area contributed by atoms with Gasteiger partial charge in [-0.15, -0.1) is 24.0 Å². The van der Waals surface area contributed by atoms with Gasteiger partial charge in [0.1, 0.15) is 12.0 Å². The van der Waals surface area contributed by atoms with Crippen molar-refractivity contribution >= 4 is 40.0 Å². The Morgan fingerprint density at radius 2 is 1.87 bits per heavy atom. The summed E-state index contributed by atoms with van der Waals surface area (Å²) in [6.07, 6.45) is 1.39. The van der Waals surface area contributed by atoms with Gasteiger partial charge in [-0.2, -0.15) is 4.31 Å². The summed E-state index contributed by atoms with van der Waals surface area (Å²) in [6.45, 7) is 12.3. The minimum atomic E-state index is -3.40. The monoisotopic (exact) mass is 569 g/mol. The van der Waals surface area contributed by atoms with Gasteiger partial charge >= 0.3 is 0 Å². The van der Waals surface area contributed by atoms with E-state index in [0.29, 0.717) is 37.9 Å². The molecule has 1 aromatic heterocycles. The number of aliphatic imine (C=N–C) groups is 1. The zero-order chi connectivity index (χ0) is 21.6. The molecule has 31 heavy (non-hydrogen) atoms. The van der Waals surface area contributed by atoms with Gasteiger partial charge in [0.2, 0.25) is 10.0 Å². The van der Waals surface area contributed by atoms with Gasteiger partial charge in [0, 0.05) is 71.0 Å². The third-order valence-electron chi connectivity index (χ3n) is 5.75. The highest BCUT2D eigenvalue weighted by Crippen LogP contribution is 2.13. The lowest BCUT2D eigenvalue weighted by molar-refractivity contribution is 0.122. The molecule has 0 radical (unpaired) electrons. The van der Waals surface area contributed by atoms with E-state index in [4.69, 9.17) is 9.52 Å². The maximum absolute atomic E-state index is 12.6. The van der Waals surface area contributed by atoms with Gasteiger partial charge in [-0.1, -0.05) is 5.16 Å². The topological polar surface area (TPSA) is 97.5 Å². The zero-order valence-corrected chi connectivity index (χ0v) is 21.9. The predicted octanol–water partition coefficient (Wildman–Crippen LogP) is 0.341. The van der Waals surface area contributed by atoms with Gasteiger partial charge in [0.25, 0.3) is 0 Å². The summed E-state index contributed by atoms with van der Waals surface area (Å²) in [4.78, 5) is 11.9. The van der Waals surface area contributed by atoms with Crippen LogP contribution in [0.15, 0.2) is 21.8 Å². The number of piperazine rings is 2. The lowest BCUT2D eigenvalue weighted by atomic mass is 10.2. The number of guanidine groups is 1. The minimum absolute atomic E-state index is 0. The molecule has 0 aliphatic carbocycles. The molecule has 2 aliphatic rings. The number of halogens is 1. The molecule has 2 saturated heterocycles. The van der Waals surface area contributed by atoms with E-state index < -0.39 is 10.0 Å². The van der Waals surface area contributed by atoms with Gasteiger partial charge in [-0.25, -0.2) is 8.42 Å². The fourth-order valence-electron chi connectivity index (χ4n) is 3.79. The van der Waals surface area contributed by atoms with Crippen LogP contribution in [0.3, 0.4) is 0 Å². The van der Waals surface area contributed by atoms with Crippen molar-refractivity contribution in [2.45, 2.75) is 25.6 Å². The Labute approximate surface area is 203 Å². The average Bonchev–Trinajstić information content (AvgIpc) is 3.24. The molecule has 0 aromatic carbocycles. The summed E-state index contributed by atoms with van der Waals surface area (Å²) in [5.41, 5.74) is 0.435. The molecule has 3 heterocycles. The van der Waals surface area contributed by atoms with Crippen molar-refractivity contribution in [1.82, 2.24) is 29.5 Å². The quantitative estimate of drug-likeness (QED) is 0.286. The summed E-state index contributed by atoms with van der Waals surface area (Å²) < 4.78 is 31.6. The van der Waals surface area contributed by atoms with E-state index in [9.17, 15) is 8.42 Å². The number of nitrogens with one attached hydrogen (secondary N) is 1. The first-order valence-electron chi connectivity index (χ1n) is 10.7. The van der Waals surface area contributed by atoms with E-state index in [-0.39, 0.29) is 29.7 Å². The van der Waals surface area contributed by atoms with E-state index in [2.05, 4.69) is 46.1 Å². The fourth-order valence-corrected chi connectivity index (χ4v) is 5.22. The highest BCUT2D eigenvalue weighted by atomic mass is 127. The van der Waals surface area contributed by atoms with Crippen molar-refractivity contribution < 1.29 is 12.9 Å². The standard InChI is InChI=1S/C19H35N7O3S.HI/c1-4-20-19(21-15-17(2)24-8-6-23(3)7-9-24)25-10-12-26(13-11-25)30(27,28)16-18-5-14-29-22-18;/h5,14,17H,4,6-13,15-16H2,1-3H3,(H,20,21);1H. The van der Waals surface area contributed by atoms with Crippen LogP contribution in [0, 0.1) is 0 Å². The van der Waals surface area contributed by atoms with Gasteiger partial charge in [0.05, 0.1) is 12.2 Å². The summed E-state index contributed by atoms with van der Waals surface area (Å²) in [5.74, 6) is 0.743. The van der Waals surface area contributed by atoms with Gasteiger partial charge in [-0.3, -0.25) is 9.89 Å². The van der Waals surface area contributed by atoms with Crippen LogP contribution in [-0.4, -0.2) is 117 Å². The van der Waals surface area contributed by atoms with Gasteiger partial charge < -0.3 is 19.6 Å². The molecule has 178 valence electrons. The van der Waals surface area contributed by atoms with Crippen LogP contribution in [-0.2, 0) is 15.8 Å². The molecule has 12 heteroatoms. The number of aromatic nitrogens is 1. The molecule has 1 atom stereocenters. The van der Waals surface area contributed by atoms with Crippen molar-refractivity contribution in [3.63, 3.8) is 0 Å². The Bertz CT molecular complexity index is 774. The highest BCUT2D eigenvalue weighted by Gasteiger charge is 2.29. The Kier molecular flexibility index (Phi) is 10.5. The van der Waals surface area contributed by atoms with E-state index in [0.717, 1.165) is 45.2 Å². The number of hydrogen-bond donors (Lipinski definition) is 1. The average molecular weight is 570 g/mol. The largest absolute Gasteiger partial charge is 0.364 e. The molecular formula is C19H36IN7O3S. The Morgan fingerprint density at radius 1 is 1.19 bits per heavy atom. The van der Waals surface area contributed by atoms with Crippen LogP contribution in [0.25, 0.3) is 0 Å². The molecule has 1 aromatic rings. The Balaban J connectivity index is 0.00000341. The fraction of sp³-hybridized carbons (Fsp3) is 0.789. The second-order valence-corrected chi connectivity index (χ2v) is 9.98. The minimum Gasteiger partial charge on any atom is -0.364 e. The van der Waals surface area contributed by atoms with Crippen LogP contribution in [0.4, 0.5) is 0 Å². The van der Waals surface area contributed by atoms with E-state index in [1.165, 1.54) is 10.6 Å². The van der Waals surface area contributed by atoms with Crippen molar-refractivity contribution in [1.29, 1.82) is 0 Å². The molecule has 2 fully saturated rings. The number of hydrogen-bond acceptors (Lipinski definition) is 7. The molecule has 1 unspecified atom stereocenters. The molecule has 1 N–H and O–H groups in total. The highest BCUT2D eigenvalue weighted by molar-refractivity contribution is 14.0. The maximum atomic E-state index is 12.6. The van der Waals surface area contributed by atoms with Gasteiger partial charge in [-0.05, 0) is 20.9 Å². The number of rotatable bonds is 7. The second kappa shape index (κ2) is 12.3. The summed E-state index contributed by atoms with van der Waals surface area (Å²) in [7, 11) is -1.24. The number of sulfonamides is 1. The summed E-state index contributed by atoms with van der Waals surface area (Å²) in [6, 6.07) is 1.97. The first-order chi connectivity index (χ1) is 14.4. The maximum Gasteiger partial charge on any atom is 0.220 e. The molecule has 0 amide bonds. The first kappa shape index (κ1) is 26.3. The van der Waals surface area contributed by atoms with Crippen LogP contribution in [0.2, 0.25) is 0 Å². The smallest absolute Gasteiger partial charge is 0.220 e. The van der Waals surface area contributed by atoms with E-state index in [1.807, 2.05) is 0 Å². The summed E-state index contributed by atoms with van der Waals surface area (Å²) in [5, 5.41) is 7.09. The first-order valence-corrected chi connectivity index (χ1v) is 12.3. The second-order valence-electron chi connectivity index (χ2n) is 8.02. The molecular weight excluding hydrogens is 533 g/mol. The number of nitrogens with zero attached hydrogens (tertiary/aromatic N) is 6. The van der Waals surface area contributed by atoms with Gasteiger partial charge in [0.15, 0.2) is 5.96 Å². The molecule has 0 saturated carbocycles. The zero-order valence-electron chi connectivity index (χ0n) is 18.7. The Morgan fingerprint density at radius 3 is 2.45 bits per heavy atom. The normalized spacial score (nSPS) is 21.0. The SMILES string of the molecule is CCNC(=NCC(C)N1CCN(C)CC1)N1CCN(S(=O)(=O)Cc2ccon2)CC1.I. The third-order valence-corrected chi connectivity index (χ3v) is 7.57. The lowest BCUT2D eigenvalue weighted by Gasteiger charge is -2.37. The Hall–Kier alpha value is -0.960. The van der Waals surface area contributed by atoms with Crippen molar-refractivity contribution in [3.05, 3.63) is 18.0 Å². The van der Waals surface area contributed by atoms with Crippen molar-refractivity contribution in [3.8, 4) is 0 Å². The molecule has 0 bridgehead atoms. The van der Waals surface area contributed by atoms with Crippen LogP contribution >= 0.6 is 24.0 Å². The van der Waals surface area contributed by atoms with Crippen molar-refractivity contribution in [2.75, 3.05) is 72.5 Å². The number of likely N-dealkylation sites (N-methyl/N-ethyl adjacent to an activating group) is 1. The third kappa shape index (κ3) is 7.55. The van der Waals surface area contributed by atoms with E-state index >= 15 is 0 Å². The molecule has 2 aliphatic heterocycles. The van der Waals surface area contributed by atoms with Crippen molar-refractivity contribution in [2.24, 2.45) is 4.99 Å². The lowest BCUT2D eigenvalue weighted by Crippen LogP contribution is -2.54. The van der Waals surface area contributed by atoms with Crippen LogP contribution in [0.1, 0.15) is 19.5 Å². The molecule has 3 rings (SSSR count). The van der Waals surface area contributed by atoms with Crippen LogP contribution in [0.5, 0.6) is 0 Å². The molecule has 0 spiro atoms. The summed E-state index contributed by atoms with van der Waals surface area (Å²) >= 11 is 0. The predicted molar refractivity (Wildman–Crippen MR) is 132 cm³/mol. The molecule has 10 nitrogen and oxygen atoms in total. The van der Waals surface area contributed by atoms with Crippen LogP contribution < -0.4 is 5.32 Å². The van der Waals surface area contributed by atoms with E-state index in [1.54, 1.807) is 6.07 Å².